The van der Waals surface area contributed by atoms with Gasteiger partial charge in [0, 0.05) is 19.2 Å². The second-order valence-electron chi connectivity index (χ2n) is 5.99. The van der Waals surface area contributed by atoms with Crippen molar-refractivity contribution in [3.05, 3.63) is 18.0 Å². The Morgan fingerprint density at radius 1 is 1.50 bits per heavy atom. The molecule has 1 aliphatic heterocycles. The van der Waals surface area contributed by atoms with Crippen LogP contribution in [0.5, 0.6) is 0 Å². The number of carbonyl (C=O) groups is 2. The van der Waals surface area contributed by atoms with Gasteiger partial charge < -0.3 is 15.2 Å². The number of aromatic nitrogens is 2. The van der Waals surface area contributed by atoms with Gasteiger partial charge in [0.05, 0.1) is 23.9 Å². The first-order valence-corrected chi connectivity index (χ1v) is 6.43. The van der Waals surface area contributed by atoms with Gasteiger partial charge in [0.15, 0.2) is 5.54 Å². The van der Waals surface area contributed by atoms with Crippen molar-refractivity contribution in [1.29, 1.82) is 0 Å². The smallest absolute Gasteiger partial charge is 0.331 e. The Morgan fingerprint density at radius 2 is 2.20 bits per heavy atom. The zero-order valence-electron chi connectivity index (χ0n) is 11.8. The van der Waals surface area contributed by atoms with Crippen molar-refractivity contribution in [2.45, 2.75) is 38.3 Å². The summed E-state index contributed by atoms with van der Waals surface area (Å²) >= 11 is 0. The van der Waals surface area contributed by atoms with Crippen molar-refractivity contribution >= 4 is 11.9 Å². The van der Waals surface area contributed by atoms with Crippen LogP contribution in [-0.4, -0.2) is 45.5 Å². The molecule has 1 aromatic heterocycles. The predicted molar refractivity (Wildman–Crippen MR) is 70.5 cm³/mol. The van der Waals surface area contributed by atoms with E-state index in [2.05, 4.69) is 10.4 Å². The summed E-state index contributed by atoms with van der Waals surface area (Å²) in [4.78, 5) is 23.5. The van der Waals surface area contributed by atoms with E-state index in [1.54, 1.807) is 10.9 Å². The van der Waals surface area contributed by atoms with Crippen LogP contribution in [0.15, 0.2) is 12.4 Å². The summed E-state index contributed by atoms with van der Waals surface area (Å²) in [5.74, 6) is -1.53. The van der Waals surface area contributed by atoms with Gasteiger partial charge in [-0.25, -0.2) is 4.79 Å². The van der Waals surface area contributed by atoms with Crippen molar-refractivity contribution in [2.75, 3.05) is 13.2 Å². The summed E-state index contributed by atoms with van der Waals surface area (Å²) in [5.41, 5.74) is -1.23. The predicted octanol–water partition coefficient (Wildman–Crippen LogP) is 0.612. The van der Waals surface area contributed by atoms with Crippen LogP contribution in [0.3, 0.4) is 0 Å². The number of ether oxygens (including phenoxy) is 1. The van der Waals surface area contributed by atoms with E-state index in [4.69, 9.17) is 4.74 Å². The summed E-state index contributed by atoms with van der Waals surface area (Å²) < 4.78 is 6.77. The summed E-state index contributed by atoms with van der Waals surface area (Å²) in [5, 5.41) is 16.0. The quantitative estimate of drug-likeness (QED) is 0.846. The van der Waals surface area contributed by atoms with Crippen LogP contribution in [0.25, 0.3) is 0 Å². The molecular weight excluding hydrogens is 262 g/mol. The number of nitrogens with zero attached hydrogens (tertiary/aromatic N) is 2. The standard InChI is InChI=1S/C13H19N3O4/c1-12(2,3)16-7-9(6-14-16)10(17)15-13(11(18)19)4-5-20-8-13/h6-7H,4-5,8H2,1-3H3,(H,15,17)(H,18,19). The van der Waals surface area contributed by atoms with Gasteiger partial charge in [0.25, 0.3) is 5.91 Å². The number of aliphatic carboxylic acids is 1. The minimum Gasteiger partial charge on any atom is -0.479 e. The molecule has 2 rings (SSSR count). The lowest BCUT2D eigenvalue weighted by molar-refractivity contribution is -0.144. The third kappa shape index (κ3) is 2.67. The molecule has 20 heavy (non-hydrogen) atoms. The molecule has 0 bridgehead atoms. The van der Waals surface area contributed by atoms with Gasteiger partial charge in [0.2, 0.25) is 0 Å². The van der Waals surface area contributed by atoms with Gasteiger partial charge in [-0.1, -0.05) is 0 Å². The Labute approximate surface area is 116 Å². The number of rotatable bonds is 3. The minimum atomic E-state index is -1.33. The average molecular weight is 281 g/mol. The summed E-state index contributed by atoms with van der Waals surface area (Å²) in [7, 11) is 0. The topological polar surface area (TPSA) is 93.5 Å². The molecule has 1 amide bonds. The molecule has 2 N–H and O–H groups in total. The number of carboxylic acid groups (broad SMARTS) is 1. The van der Waals surface area contributed by atoms with Gasteiger partial charge in [-0.05, 0) is 20.8 Å². The Bertz CT molecular complexity index is 524. The zero-order chi connectivity index (χ0) is 15.0. The molecule has 0 saturated carbocycles. The Balaban J connectivity index is 2.16. The second-order valence-corrected chi connectivity index (χ2v) is 5.99. The Kier molecular flexibility index (Phi) is 3.56. The zero-order valence-corrected chi connectivity index (χ0v) is 11.8. The van der Waals surface area contributed by atoms with Crippen molar-refractivity contribution < 1.29 is 19.4 Å². The molecule has 1 atom stereocenters. The minimum absolute atomic E-state index is 0.0124. The third-order valence-electron chi connectivity index (χ3n) is 3.32. The number of hydrogen-bond acceptors (Lipinski definition) is 4. The number of hydrogen-bond donors (Lipinski definition) is 2. The molecule has 1 aromatic rings. The maximum absolute atomic E-state index is 12.2. The molecule has 7 nitrogen and oxygen atoms in total. The fourth-order valence-corrected chi connectivity index (χ4v) is 1.98. The molecule has 1 unspecified atom stereocenters. The van der Waals surface area contributed by atoms with Gasteiger partial charge in [-0.15, -0.1) is 0 Å². The van der Waals surface area contributed by atoms with Gasteiger partial charge in [-0.2, -0.15) is 5.10 Å². The molecule has 1 fully saturated rings. The van der Waals surface area contributed by atoms with Crippen LogP contribution in [0.1, 0.15) is 37.6 Å². The molecular formula is C13H19N3O4. The first kappa shape index (κ1) is 14.5. The first-order valence-electron chi connectivity index (χ1n) is 6.43. The van der Waals surface area contributed by atoms with Crippen molar-refractivity contribution in [3.8, 4) is 0 Å². The molecule has 7 heteroatoms. The van der Waals surface area contributed by atoms with Crippen molar-refractivity contribution in [2.24, 2.45) is 0 Å². The highest BCUT2D eigenvalue weighted by Crippen LogP contribution is 2.20. The first-order chi connectivity index (χ1) is 9.24. The molecule has 0 aromatic carbocycles. The second kappa shape index (κ2) is 4.90. The molecule has 0 spiro atoms. The van der Waals surface area contributed by atoms with E-state index < -0.39 is 17.4 Å². The van der Waals surface area contributed by atoms with Gasteiger partial charge in [0.1, 0.15) is 0 Å². The van der Waals surface area contributed by atoms with Gasteiger partial charge in [-0.3, -0.25) is 9.48 Å². The lowest BCUT2D eigenvalue weighted by Gasteiger charge is -2.23. The normalized spacial score (nSPS) is 22.8. The van der Waals surface area contributed by atoms with Crippen LogP contribution in [0, 0.1) is 0 Å². The summed E-state index contributed by atoms with van der Waals surface area (Å²) in [6.07, 6.45) is 3.31. The van der Waals surface area contributed by atoms with E-state index in [-0.39, 0.29) is 18.6 Å². The van der Waals surface area contributed by atoms with Crippen molar-refractivity contribution in [3.63, 3.8) is 0 Å². The molecule has 2 heterocycles. The highest BCUT2D eigenvalue weighted by atomic mass is 16.5. The molecule has 0 aliphatic carbocycles. The number of carboxylic acids is 1. The fourth-order valence-electron chi connectivity index (χ4n) is 1.98. The maximum Gasteiger partial charge on any atom is 0.331 e. The molecule has 1 saturated heterocycles. The number of amides is 1. The summed E-state index contributed by atoms with van der Waals surface area (Å²) in [6, 6.07) is 0. The van der Waals surface area contributed by atoms with Crippen LogP contribution in [-0.2, 0) is 15.1 Å². The molecule has 0 radical (unpaired) electrons. The Hall–Kier alpha value is -1.89. The van der Waals surface area contributed by atoms with Crippen molar-refractivity contribution in [1.82, 2.24) is 15.1 Å². The molecule has 1 aliphatic rings. The van der Waals surface area contributed by atoms with E-state index in [1.807, 2.05) is 20.8 Å². The lowest BCUT2D eigenvalue weighted by Crippen LogP contribution is -2.55. The number of nitrogens with one attached hydrogen (secondary N) is 1. The fraction of sp³-hybridized carbons (Fsp3) is 0.615. The molecule has 110 valence electrons. The van der Waals surface area contributed by atoms with Crippen LogP contribution in [0.2, 0.25) is 0 Å². The largest absolute Gasteiger partial charge is 0.479 e. The Morgan fingerprint density at radius 3 is 2.65 bits per heavy atom. The summed E-state index contributed by atoms with van der Waals surface area (Å²) in [6.45, 7) is 6.21. The van der Waals surface area contributed by atoms with E-state index in [0.29, 0.717) is 12.2 Å². The highest BCUT2D eigenvalue weighted by molar-refractivity contribution is 5.97. The van der Waals surface area contributed by atoms with E-state index in [0.717, 1.165) is 0 Å². The third-order valence-corrected chi connectivity index (χ3v) is 3.32. The van der Waals surface area contributed by atoms with Gasteiger partial charge >= 0.3 is 5.97 Å². The SMILES string of the molecule is CC(C)(C)n1cc(C(=O)NC2(C(=O)O)CCOC2)cn1. The monoisotopic (exact) mass is 281 g/mol. The lowest BCUT2D eigenvalue weighted by atomic mass is 9.98. The number of carbonyl (C=O) groups excluding carboxylic acids is 1. The van der Waals surface area contributed by atoms with Crippen LogP contribution >= 0.6 is 0 Å². The van der Waals surface area contributed by atoms with Crippen LogP contribution in [0.4, 0.5) is 0 Å². The van der Waals surface area contributed by atoms with E-state index in [9.17, 15) is 14.7 Å². The highest BCUT2D eigenvalue weighted by Gasteiger charge is 2.44. The maximum atomic E-state index is 12.2. The van der Waals surface area contributed by atoms with Crippen LogP contribution < -0.4 is 5.32 Å². The van der Waals surface area contributed by atoms with E-state index in [1.165, 1.54) is 6.20 Å². The van der Waals surface area contributed by atoms with E-state index >= 15 is 0 Å². The average Bonchev–Trinajstić information content (AvgIpc) is 2.96.